The van der Waals surface area contributed by atoms with E-state index in [1.165, 1.54) is 0 Å². The summed E-state index contributed by atoms with van der Waals surface area (Å²) in [5, 5.41) is 16.3. The van der Waals surface area contributed by atoms with Gasteiger partial charge in [0, 0.05) is 0 Å². The lowest BCUT2D eigenvalue weighted by Crippen LogP contribution is -2.08. The van der Waals surface area contributed by atoms with E-state index in [4.69, 9.17) is 15.1 Å². The molecule has 0 heterocycles. The first kappa shape index (κ1) is 7.41. The van der Waals surface area contributed by atoms with E-state index in [-0.39, 0.29) is 13.2 Å². The van der Waals surface area contributed by atoms with Crippen LogP contribution in [-0.4, -0.2) is 24.4 Å². The van der Waals surface area contributed by atoms with Gasteiger partial charge in [0.05, 0.1) is 19.3 Å². The van der Waals surface area contributed by atoms with Gasteiger partial charge in [-0.25, -0.2) is 0 Å². The Hall–Kier alpha value is -0.590. The van der Waals surface area contributed by atoms with Crippen molar-refractivity contribution < 1.29 is 9.84 Å². The molecule has 0 radical (unpaired) electrons. The summed E-state index contributed by atoms with van der Waals surface area (Å²) in [6, 6.07) is 1.87. The summed E-state index contributed by atoms with van der Waals surface area (Å²) in [4.78, 5) is 0. The van der Waals surface area contributed by atoms with E-state index >= 15 is 0 Å². The van der Waals surface area contributed by atoms with Gasteiger partial charge in [-0.15, -0.1) is 0 Å². The SMILES string of the molecule is CC(C#N)OCCO. The molecule has 1 N–H and O–H groups in total. The molecular weight excluding hydrogens is 106 g/mol. The number of nitriles is 1. The molecule has 0 rings (SSSR count). The molecular formula is C5H9NO2. The fourth-order valence-corrected chi connectivity index (χ4v) is 0.267. The Bertz CT molecular complexity index is 86.9. The minimum Gasteiger partial charge on any atom is -0.394 e. The lowest BCUT2D eigenvalue weighted by molar-refractivity contribution is 0.0678. The van der Waals surface area contributed by atoms with E-state index in [0.29, 0.717) is 0 Å². The van der Waals surface area contributed by atoms with E-state index < -0.39 is 6.10 Å². The van der Waals surface area contributed by atoms with Crippen LogP contribution < -0.4 is 0 Å². The largest absolute Gasteiger partial charge is 0.394 e. The van der Waals surface area contributed by atoms with Crippen LogP contribution in [0.5, 0.6) is 0 Å². The van der Waals surface area contributed by atoms with Gasteiger partial charge in [0.15, 0.2) is 0 Å². The Kier molecular flexibility index (Phi) is 4.23. The first-order chi connectivity index (χ1) is 3.81. The highest BCUT2D eigenvalue weighted by atomic mass is 16.5. The first-order valence-electron chi connectivity index (χ1n) is 2.43. The van der Waals surface area contributed by atoms with E-state index in [1.54, 1.807) is 6.92 Å². The first-order valence-corrected chi connectivity index (χ1v) is 2.43. The number of aliphatic hydroxyl groups excluding tert-OH is 1. The zero-order chi connectivity index (χ0) is 6.41. The average Bonchev–Trinajstić information content (AvgIpc) is 1.83. The molecule has 0 aromatic rings. The van der Waals surface area contributed by atoms with Gasteiger partial charge < -0.3 is 9.84 Å². The monoisotopic (exact) mass is 115 g/mol. The predicted octanol–water partition coefficient (Wildman–Crippen LogP) is -0.0926. The maximum absolute atomic E-state index is 8.18. The summed E-state index contributed by atoms with van der Waals surface area (Å²) in [7, 11) is 0. The highest BCUT2D eigenvalue weighted by molar-refractivity contribution is 4.78. The molecule has 0 aromatic heterocycles. The molecule has 0 fully saturated rings. The highest BCUT2D eigenvalue weighted by Crippen LogP contribution is 1.84. The molecule has 0 aliphatic carbocycles. The van der Waals surface area contributed by atoms with Crippen molar-refractivity contribution in [3.05, 3.63) is 0 Å². The van der Waals surface area contributed by atoms with Crippen molar-refractivity contribution in [1.82, 2.24) is 0 Å². The van der Waals surface area contributed by atoms with Crippen LogP contribution in [-0.2, 0) is 4.74 Å². The topological polar surface area (TPSA) is 53.2 Å². The fraction of sp³-hybridized carbons (Fsp3) is 0.800. The Labute approximate surface area is 48.5 Å². The average molecular weight is 115 g/mol. The van der Waals surface area contributed by atoms with Crippen molar-refractivity contribution in [3.8, 4) is 6.07 Å². The molecule has 8 heavy (non-hydrogen) atoms. The Balaban J connectivity index is 3.02. The third-order valence-corrected chi connectivity index (χ3v) is 0.641. The lowest BCUT2D eigenvalue weighted by Gasteiger charge is -1.99. The molecule has 3 heteroatoms. The van der Waals surface area contributed by atoms with Crippen LogP contribution >= 0.6 is 0 Å². The molecule has 0 saturated heterocycles. The third-order valence-electron chi connectivity index (χ3n) is 0.641. The van der Waals surface area contributed by atoms with Crippen LogP contribution in [0.25, 0.3) is 0 Å². The van der Waals surface area contributed by atoms with Crippen LogP contribution in [0.3, 0.4) is 0 Å². The van der Waals surface area contributed by atoms with Crippen molar-refractivity contribution in [2.45, 2.75) is 13.0 Å². The predicted molar refractivity (Wildman–Crippen MR) is 28.1 cm³/mol. The van der Waals surface area contributed by atoms with E-state index in [0.717, 1.165) is 0 Å². The van der Waals surface area contributed by atoms with Gasteiger partial charge in [-0.05, 0) is 6.92 Å². The van der Waals surface area contributed by atoms with Gasteiger partial charge in [-0.3, -0.25) is 0 Å². The van der Waals surface area contributed by atoms with Crippen molar-refractivity contribution in [1.29, 1.82) is 5.26 Å². The van der Waals surface area contributed by atoms with Gasteiger partial charge in [-0.2, -0.15) is 5.26 Å². The number of hydrogen-bond acceptors (Lipinski definition) is 3. The molecule has 46 valence electrons. The molecule has 3 nitrogen and oxygen atoms in total. The summed E-state index contributed by atoms with van der Waals surface area (Å²) < 4.78 is 4.73. The maximum Gasteiger partial charge on any atom is 0.141 e. The van der Waals surface area contributed by atoms with Crippen LogP contribution in [0.2, 0.25) is 0 Å². The second-order valence-corrected chi connectivity index (χ2v) is 1.37. The van der Waals surface area contributed by atoms with Gasteiger partial charge >= 0.3 is 0 Å². The second kappa shape index (κ2) is 4.57. The van der Waals surface area contributed by atoms with Crippen LogP contribution in [0, 0.1) is 11.3 Å². The molecule has 1 atom stereocenters. The Morgan fingerprint density at radius 3 is 2.88 bits per heavy atom. The number of nitrogens with zero attached hydrogens (tertiary/aromatic N) is 1. The normalized spacial score (nSPS) is 12.6. The van der Waals surface area contributed by atoms with Gasteiger partial charge in [-0.1, -0.05) is 0 Å². The zero-order valence-corrected chi connectivity index (χ0v) is 4.79. The zero-order valence-electron chi connectivity index (χ0n) is 4.79. The number of ether oxygens (including phenoxy) is 1. The fourth-order valence-electron chi connectivity index (χ4n) is 0.267. The molecule has 0 bridgehead atoms. The second-order valence-electron chi connectivity index (χ2n) is 1.37. The van der Waals surface area contributed by atoms with Crippen molar-refractivity contribution in [2.75, 3.05) is 13.2 Å². The lowest BCUT2D eigenvalue weighted by atomic mass is 10.5. The van der Waals surface area contributed by atoms with E-state index in [1.807, 2.05) is 6.07 Å². The smallest absolute Gasteiger partial charge is 0.141 e. The quantitative estimate of drug-likeness (QED) is 0.559. The molecule has 0 amide bonds. The molecule has 0 aliphatic rings. The molecule has 0 aliphatic heterocycles. The van der Waals surface area contributed by atoms with E-state index in [2.05, 4.69) is 0 Å². The van der Waals surface area contributed by atoms with Gasteiger partial charge in [0.25, 0.3) is 0 Å². The van der Waals surface area contributed by atoms with Gasteiger partial charge in [0.2, 0.25) is 0 Å². The standard InChI is InChI=1S/C5H9NO2/c1-5(4-6)8-3-2-7/h5,7H,2-3H2,1H3. The Morgan fingerprint density at radius 1 is 1.88 bits per heavy atom. The summed E-state index contributed by atoms with van der Waals surface area (Å²) in [6.07, 6.45) is -0.401. The summed E-state index contributed by atoms with van der Waals surface area (Å²) in [5.74, 6) is 0. The number of hydrogen-bond donors (Lipinski definition) is 1. The minimum atomic E-state index is -0.401. The molecule has 0 aromatic carbocycles. The minimum absolute atomic E-state index is 0.0218. The summed E-state index contributed by atoms with van der Waals surface area (Å²) in [5.41, 5.74) is 0. The van der Waals surface area contributed by atoms with Crippen molar-refractivity contribution in [3.63, 3.8) is 0 Å². The number of rotatable bonds is 3. The van der Waals surface area contributed by atoms with Gasteiger partial charge in [0.1, 0.15) is 6.10 Å². The van der Waals surface area contributed by atoms with Crippen molar-refractivity contribution in [2.24, 2.45) is 0 Å². The number of aliphatic hydroxyl groups is 1. The van der Waals surface area contributed by atoms with Crippen LogP contribution in [0.4, 0.5) is 0 Å². The Morgan fingerprint density at radius 2 is 2.50 bits per heavy atom. The van der Waals surface area contributed by atoms with E-state index in [9.17, 15) is 0 Å². The molecule has 0 spiro atoms. The van der Waals surface area contributed by atoms with Crippen molar-refractivity contribution >= 4 is 0 Å². The summed E-state index contributed by atoms with van der Waals surface area (Å²) >= 11 is 0. The summed E-state index contributed by atoms with van der Waals surface area (Å²) in [6.45, 7) is 1.86. The maximum atomic E-state index is 8.18. The molecule has 1 unspecified atom stereocenters. The molecule has 0 saturated carbocycles. The van der Waals surface area contributed by atoms with Crippen LogP contribution in [0.1, 0.15) is 6.92 Å². The third kappa shape index (κ3) is 3.59. The highest BCUT2D eigenvalue weighted by Gasteiger charge is 1.94. The van der Waals surface area contributed by atoms with Crippen LogP contribution in [0.15, 0.2) is 0 Å².